The van der Waals surface area contributed by atoms with Crippen LogP contribution < -0.4 is 0 Å². The Kier molecular flexibility index (Phi) is 15.2. The van der Waals surface area contributed by atoms with Gasteiger partial charge in [0, 0.05) is 5.56 Å². The van der Waals surface area contributed by atoms with Gasteiger partial charge in [-0.3, -0.25) is 4.48 Å². The van der Waals surface area contributed by atoms with E-state index in [0.717, 1.165) is 11.1 Å². The second-order valence-electron chi connectivity index (χ2n) is 9.32. The minimum absolute atomic E-state index is 0.142. The van der Waals surface area contributed by atoms with Crippen molar-refractivity contribution in [3.05, 3.63) is 35.9 Å². The van der Waals surface area contributed by atoms with Crippen LogP contribution in [0.4, 0.5) is 0 Å². The molecule has 0 aliphatic carbocycles. The molecule has 1 rings (SSSR count). The molecule has 0 aliphatic rings. The van der Waals surface area contributed by atoms with Crippen molar-refractivity contribution in [2.45, 2.75) is 110 Å². The molecule has 0 bridgehead atoms. The van der Waals surface area contributed by atoms with E-state index in [9.17, 15) is 0 Å². The molecule has 0 heterocycles. The summed E-state index contributed by atoms with van der Waals surface area (Å²) in [4.78, 5) is 0. The minimum Gasteiger partial charge on any atom is -0.325 e. The van der Waals surface area contributed by atoms with Crippen LogP contribution >= 0.6 is 0 Å². The van der Waals surface area contributed by atoms with Crippen molar-refractivity contribution in [1.82, 2.24) is 0 Å². The molecule has 0 saturated heterocycles. The molecule has 0 saturated carbocycles. The average Bonchev–Trinajstić information content (AvgIpc) is 2.72. The van der Waals surface area contributed by atoms with Crippen LogP contribution in [0.5, 0.6) is 0 Å². The standard InChI is InChI=1S/C27H50NO/c1-5-7-8-9-10-11-12-13-14-15-16-17-18-22-25-28(3,4)27(29-6-2)26-23-20-19-21-24-26/h19-21,23-24,27H,5-18,22,25H2,1-4H3/q+1. The van der Waals surface area contributed by atoms with Gasteiger partial charge < -0.3 is 4.74 Å². The van der Waals surface area contributed by atoms with Gasteiger partial charge in [0.2, 0.25) is 6.23 Å². The van der Waals surface area contributed by atoms with Crippen LogP contribution in [0.3, 0.4) is 0 Å². The zero-order valence-electron chi connectivity index (χ0n) is 20.1. The molecule has 1 unspecified atom stereocenters. The van der Waals surface area contributed by atoms with Crippen molar-refractivity contribution in [2.24, 2.45) is 0 Å². The number of nitrogens with zero attached hydrogens (tertiary/aromatic N) is 1. The first kappa shape index (κ1) is 26.2. The fraction of sp³-hybridized carbons (Fsp3) is 0.778. The number of quaternary nitrogens is 1. The summed E-state index contributed by atoms with van der Waals surface area (Å²) in [6.45, 7) is 6.34. The van der Waals surface area contributed by atoms with Gasteiger partial charge in [-0.1, -0.05) is 114 Å². The highest BCUT2D eigenvalue weighted by Gasteiger charge is 2.29. The third kappa shape index (κ3) is 12.4. The molecule has 0 radical (unpaired) electrons. The first-order valence-corrected chi connectivity index (χ1v) is 12.6. The molecule has 0 spiro atoms. The van der Waals surface area contributed by atoms with Crippen LogP contribution in [-0.4, -0.2) is 31.7 Å². The van der Waals surface area contributed by atoms with Crippen LogP contribution in [0.25, 0.3) is 0 Å². The Labute approximate surface area is 182 Å². The molecule has 0 aromatic heterocycles. The topological polar surface area (TPSA) is 9.23 Å². The summed E-state index contributed by atoms with van der Waals surface area (Å²) in [5.74, 6) is 0. The lowest BCUT2D eigenvalue weighted by Gasteiger charge is -2.37. The fourth-order valence-electron chi connectivity index (χ4n) is 4.31. The largest absolute Gasteiger partial charge is 0.325 e. The first-order valence-electron chi connectivity index (χ1n) is 12.6. The lowest BCUT2D eigenvalue weighted by molar-refractivity contribution is -0.944. The van der Waals surface area contributed by atoms with Crippen LogP contribution in [0.1, 0.15) is 116 Å². The predicted octanol–water partition coefficient (Wildman–Crippen LogP) is 8.28. The molecule has 0 N–H and O–H groups in total. The van der Waals surface area contributed by atoms with Gasteiger partial charge in [-0.2, -0.15) is 0 Å². The monoisotopic (exact) mass is 404 g/mol. The molecule has 0 fully saturated rings. The Balaban J connectivity index is 2.07. The van der Waals surface area contributed by atoms with Crippen molar-refractivity contribution in [3.8, 4) is 0 Å². The van der Waals surface area contributed by atoms with E-state index >= 15 is 0 Å². The summed E-state index contributed by atoms with van der Waals surface area (Å²) < 4.78 is 7.05. The third-order valence-corrected chi connectivity index (χ3v) is 6.13. The predicted molar refractivity (Wildman–Crippen MR) is 128 cm³/mol. The van der Waals surface area contributed by atoms with E-state index in [2.05, 4.69) is 58.3 Å². The summed E-state index contributed by atoms with van der Waals surface area (Å²) in [7, 11) is 4.63. The van der Waals surface area contributed by atoms with Gasteiger partial charge in [0.05, 0.1) is 27.2 Å². The number of hydrogen-bond donors (Lipinski definition) is 0. The first-order chi connectivity index (χ1) is 14.1. The molecule has 2 heteroatoms. The summed E-state index contributed by atoms with van der Waals surface area (Å²) in [6.07, 6.45) is 20.0. The second-order valence-corrected chi connectivity index (χ2v) is 9.32. The molecule has 1 aromatic carbocycles. The fourth-order valence-corrected chi connectivity index (χ4v) is 4.31. The molecular formula is C27H50NO+. The van der Waals surface area contributed by atoms with E-state index < -0.39 is 0 Å². The number of unbranched alkanes of at least 4 members (excludes halogenated alkanes) is 13. The van der Waals surface area contributed by atoms with Gasteiger partial charge in [0.1, 0.15) is 0 Å². The highest BCUT2D eigenvalue weighted by atomic mass is 16.5. The Morgan fingerprint density at radius 1 is 0.655 bits per heavy atom. The molecule has 0 amide bonds. The molecule has 2 nitrogen and oxygen atoms in total. The number of benzene rings is 1. The van der Waals surface area contributed by atoms with E-state index in [1.807, 2.05) is 0 Å². The molecule has 168 valence electrons. The minimum atomic E-state index is 0.142. The molecule has 1 atom stereocenters. The van der Waals surface area contributed by atoms with Gasteiger partial charge in [-0.15, -0.1) is 0 Å². The van der Waals surface area contributed by atoms with Crippen molar-refractivity contribution in [2.75, 3.05) is 27.2 Å². The van der Waals surface area contributed by atoms with E-state index in [0.29, 0.717) is 0 Å². The quantitative estimate of drug-likeness (QED) is 0.128. The van der Waals surface area contributed by atoms with E-state index in [4.69, 9.17) is 4.74 Å². The van der Waals surface area contributed by atoms with Crippen molar-refractivity contribution in [3.63, 3.8) is 0 Å². The van der Waals surface area contributed by atoms with Gasteiger partial charge >= 0.3 is 0 Å². The number of rotatable bonds is 19. The summed E-state index contributed by atoms with van der Waals surface area (Å²) in [5, 5.41) is 0. The Morgan fingerprint density at radius 2 is 1.10 bits per heavy atom. The van der Waals surface area contributed by atoms with Gasteiger partial charge in [-0.05, 0) is 19.8 Å². The van der Waals surface area contributed by atoms with Crippen LogP contribution in [0.15, 0.2) is 30.3 Å². The normalized spacial score (nSPS) is 13.0. The zero-order valence-corrected chi connectivity index (χ0v) is 20.1. The highest BCUT2D eigenvalue weighted by Crippen LogP contribution is 2.27. The second kappa shape index (κ2) is 16.9. The molecule has 29 heavy (non-hydrogen) atoms. The number of hydrogen-bond acceptors (Lipinski definition) is 1. The SMILES string of the molecule is CCCCCCCCCCCCCCCC[N+](C)(C)C(OCC)c1ccccc1. The third-order valence-electron chi connectivity index (χ3n) is 6.13. The highest BCUT2D eigenvalue weighted by molar-refractivity contribution is 5.15. The molecule has 1 aromatic rings. The smallest absolute Gasteiger partial charge is 0.219 e. The Hall–Kier alpha value is -0.860. The van der Waals surface area contributed by atoms with Crippen LogP contribution in [0.2, 0.25) is 0 Å². The average molecular weight is 405 g/mol. The van der Waals surface area contributed by atoms with E-state index in [1.165, 1.54) is 102 Å². The maximum atomic E-state index is 6.13. The van der Waals surface area contributed by atoms with Crippen LogP contribution in [-0.2, 0) is 4.74 Å². The van der Waals surface area contributed by atoms with Gasteiger partial charge in [0.25, 0.3) is 0 Å². The van der Waals surface area contributed by atoms with Crippen LogP contribution in [0, 0.1) is 0 Å². The summed E-state index contributed by atoms with van der Waals surface area (Å²) in [6, 6.07) is 10.7. The van der Waals surface area contributed by atoms with Gasteiger partial charge in [0.15, 0.2) is 0 Å². The lowest BCUT2D eigenvalue weighted by atomic mass is 10.0. The van der Waals surface area contributed by atoms with Crippen molar-refractivity contribution >= 4 is 0 Å². The zero-order chi connectivity index (χ0) is 21.2. The van der Waals surface area contributed by atoms with E-state index in [-0.39, 0.29) is 6.23 Å². The van der Waals surface area contributed by atoms with E-state index in [1.54, 1.807) is 0 Å². The maximum absolute atomic E-state index is 6.13. The summed E-state index contributed by atoms with van der Waals surface area (Å²) in [5.41, 5.74) is 1.30. The molecule has 0 aliphatic heterocycles. The van der Waals surface area contributed by atoms with Crippen molar-refractivity contribution in [1.29, 1.82) is 0 Å². The lowest BCUT2D eigenvalue weighted by Crippen LogP contribution is -2.45. The maximum Gasteiger partial charge on any atom is 0.219 e. The van der Waals surface area contributed by atoms with Crippen molar-refractivity contribution < 1.29 is 9.22 Å². The van der Waals surface area contributed by atoms with Gasteiger partial charge in [-0.25, -0.2) is 0 Å². The Bertz CT molecular complexity index is 471. The summed E-state index contributed by atoms with van der Waals surface area (Å²) >= 11 is 0. The molecular weight excluding hydrogens is 354 g/mol. The Morgan fingerprint density at radius 3 is 1.55 bits per heavy atom. The number of ether oxygens (including phenoxy) is 1.